The second-order valence-electron chi connectivity index (χ2n) is 6.81. The molecule has 0 bridgehead atoms. The molecule has 0 radical (unpaired) electrons. The number of hydrogen-bond acceptors (Lipinski definition) is 2. The second-order valence-corrected chi connectivity index (χ2v) is 6.81. The van der Waals surface area contributed by atoms with E-state index in [0.717, 1.165) is 36.8 Å². The summed E-state index contributed by atoms with van der Waals surface area (Å²) in [5, 5.41) is 0. The third-order valence-corrected chi connectivity index (χ3v) is 4.75. The minimum atomic E-state index is -0.230. The molecule has 0 atom stereocenters. The summed E-state index contributed by atoms with van der Waals surface area (Å²) in [6.07, 6.45) is 3.64. The van der Waals surface area contributed by atoms with E-state index in [1.165, 1.54) is 17.7 Å². The zero-order chi connectivity index (χ0) is 17.1. The number of ether oxygens (including phenoxy) is 1. The minimum absolute atomic E-state index is 0.0185. The zero-order valence-corrected chi connectivity index (χ0v) is 14.2. The van der Waals surface area contributed by atoms with Gasteiger partial charge in [-0.15, -0.1) is 0 Å². The summed E-state index contributed by atoms with van der Waals surface area (Å²) in [6.45, 7) is 3.97. The molecule has 0 N–H and O–H groups in total. The van der Waals surface area contributed by atoms with E-state index in [1.54, 1.807) is 0 Å². The van der Waals surface area contributed by atoms with Crippen LogP contribution in [0.4, 0.5) is 4.39 Å². The van der Waals surface area contributed by atoms with Crippen molar-refractivity contribution in [3.8, 4) is 0 Å². The topological polar surface area (TPSA) is 26.3 Å². The zero-order valence-electron chi connectivity index (χ0n) is 14.2. The monoisotopic (exact) mass is 326 g/mol. The van der Waals surface area contributed by atoms with Gasteiger partial charge in [0.05, 0.1) is 5.56 Å². The molecule has 2 aromatic rings. The van der Waals surface area contributed by atoms with Gasteiger partial charge in [0.25, 0.3) is 0 Å². The van der Waals surface area contributed by atoms with E-state index in [9.17, 15) is 9.18 Å². The summed E-state index contributed by atoms with van der Waals surface area (Å²) < 4.78 is 18.7. The first-order valence-electron chi connectivity index (χ1n) is 8.56. The standard InChI is InChI=1S/C21H23FO2/c1-14-11-15(2)13-18(12-14)21(23)24-20-9-5-17(6-10-20)16-3-7-19(22)8-4-16/h3-4,7-8,11-13,17,20H,5-6,9-10H2,1-2H3. The van der Waals surface area contributed by atoms with Gasteiger partial charge >= 0.3 is 5.97 Å². The van der Waals surface area contributed by atoms with Crippen LogP contribution in [-0.2, 0) is 4.74 Å². The SMILES string of the molecule is Cc1cc(C)cc(C(=O)OC2CCC(c3ccc(F)cc3)CC2)c1. The third-order valence-electron chi connectivity index (χ3n) is 4.75. The maximum absolute atomic E-state index is 13.0. The van der Waals surface area contributed by atoms with Crippen LogP contribution in [0.2, 0.25) is 0 Å². The molecule has 2 nitrogen and oxygen atoms in total. The van der Waals surface area contributed by atoms with Crippen molar-refractivity contribution < 1.29 is 13.9 Å². The first kappa shape index (κ1) is 16.7. The molecule has 0 amide bonds. The Bertz CT molecular complexity index is 693. The fourth-order valence-electron chi connectivity index (χ4n) is 3.56. The van der Waals surface area contributed by atoms with Gasteiger partial charge in [-0.1, -0.05) is 29.3 Å². The predicted octanol–water partition coefficient (Wildman–Crippen LogP) is 5.33. The van der Waals surface area contributed by atoms with Crippen LogP contribution in [0.1, 0.15) is 58.6 Å². The van der Waals surface area contributed by atoms with Gasteiger partial charge in [0.15, 0.2) is 0 Å². The molecule has 0 heterocycles. The average molecular weight is 326 g/mol. The maximum Gasteiger partial charge on any atom is 0.338 e. The van der Waals surface area contributed by atoms with E-state index in [-0.39, 0.29) is 17.9 Å². The largest absolute Gasteiger partial charge is 0.459 e. The van der Waals surface area contributed by atoms with Crippen LogP contribution in [0.15, 0.2) is 42.5 Å². The molecule has 126 valence electrons. The van der Waals surface area contributed by atoms with Gasteiger partial charge in [-0.25, -0.2) is 9.18 Å². The fraction of sp³-hybridized carbons (Fsp3) is 0.381. The number of carbonyl (C=O) groups is 1. The predicted molar refractivity (Wildman–Crippen MR) is 92.7 cm³/mol. The highest BCUT2D eigenvalue weighted by molar-refractivity contribution is 5.90. The first-order chi connectivity index (χ1) is 11.5. The summed E-state index contributed by atoms with van der Waals surface area (Å²) in [6, 6.07) is 12.6. The summed E-state index contributed by atoms with van der Waals surface area (Å²) in [5.74, 6) is 0.00334. The highest BCUT2D eigenvalue weighted by Gasteiger charge is 2.25. The lowest BCUT2D eigenvalue weighted by Gasteiger charge is -2.28. The number of esters is 1. The molecule has 0 aliphatic heterocycles. The lowest BCUT2D eigenvalue weighted by Crippen LogP contribution is -2.24. The van der Waals surface area contributed by atoms with Crippen LogP contribution in [0.3, 0.4) is 0 Å². The lowest BCUT2D eigenvalue weighted by molar-refractivity contribution is 0.0195. The van der Waals surface area contributed by atoms with Gasteiger partial charge in [-0.2, -0.15) is 0 Å². The van der Waals surface area contributed by atoms with E-state index in [0.29, 0.717) is 11.5 Å². The normalized spacial score (nSPS) is 20.6. The minimum Gasteiger partial charge on any atom is -0.459 e. The molecule has 0 unspecified atom stereocenters. The van der Waals surface area contributed by atoms with E-state index < -0.39 is 0 Å². The molecule has 1 fully saturated rings. The Morgan fingerprint density at radius 3 is 2.12 bits per heavy atom. The Balaban J connectivity index is 1.57. The van der Waals surface area contributed by atoms with Crippen LogP contribution < -0.4 is 0 Å². The van der Waals surface area contributed by atoms with E-state index in [1.807, 2.05) is 44.2 Å². The summed E-state index contributed by atoms with van der Waals surface area (Å²) in [4.78, 5) is 12.3. The molecule has 1 saturated carbocycles. The number of benzene rings is 2. The van der Waals surface area contributed by atoms with Gasteiger partial charge in [0.2, 0.25) is 0 Å². The molecule has 0 saturated heterocycles. The number of carbonyl (C=O) groups excluding carboxylic acids is 1. The molecule has 0 spiro atoms. The van der Waals surface area contributed by atoms with Gasteiger partial charge in [-0.05, 0) is 75.3 Å². The smallest absolute Gasteiger partial charge is 0.338 e. The Morgan fingerprint density at radius 1 is 0.958 bits per heavy atom. The van der Waals surface area contributed by atoms with Crippen LogP contribution >= 0.6 is 0 Å². The van der Waals surface area contributed by atoms with Crippen molar-refractivity contribution >= 4 is 5.97 Å². The van der Waals surface area contributed by atoms with Crippen LogP contribution in [-0.4, -0.2) is 12.1 Å². The van der Waals surface area contributed by atoms with Crippen molar-refractivity contribution in [1.82, 2.24) is 0 Å². The molecule has 3 rings (SSSR count). The Kier molecular flexibility index (Phi) is 4.98. The molecule has 3 heteroatoms. The molecular weight excluding hydrogens is 303 g/mol. The molecule has 0 aromatic heterocycles. The van der Waals surface area contributed by atoms with Crippen molar-refractivity contribution in [3.05, 3.63) is 70.5 Å². The number of rotatable bonds is 3. The average Bonchev–Trinajstić information content (AvgIpc) is 2.55. The van der Waals surface area contributed by atoms with Crippen molar-refractivity contribution in [2.24, 2.45) is 0 Å². The second kappa shape index (κ2) is 7.16. The van der Waals surface area contributed by atoms with Crippen molar-refractivity contribution in [3.63, 3.8) is 0 Å². The molecular formula is C21H23FO2. The number of hydrogen-bond donors (Lipinski definition) is 0. The van der Waals surface area contributed by atoms with Crippen molar-refractivity contribution in [2.45, 2.75) is 51.6 Å². The highest BCUT2D eigenvalue weighted by Crippen LogP contribution is 2.34. The number of aryl methyl sites for hydroxylation is 2. The van der Waals surface area contributed by atoms with Crippen LogP contribution in [0.25, 0.3) is 0 Å². The van der Waals surface area contributed by atoms with Gasteiger partial charge in [-0.3, -0.25) is 0 Å². The fourth-order valence-corrected chi connectivity index (χ4v) is 3.56. The molecule has 24 heavy (non-hydrogen) atoms. The highest BCUT2D eigenvalue weighted by atomic mass is 19.1. The van der Waals surface area contributed by atoms with Crippen LogP contribution in [0, 0.1) is 19.7 Å². The number of halogens is 1. The van der Waals surface area contributed by atoms with Crippen LogP contribution in [0.5, 0.6) is 0 Å². The maximum atomic E-state index is 13.0. The van der Waals surface area contributed by atoms with Crippen molar-refractivity contribution in [2.75, 3.05) is 0 Å². The first-order valence-corrected chi connectivity index (χ1v) is 8.56. The Labute approximate surface area is 142 Å². The molecule has 2 aromatic carbocycles. The lowest BCUT2D eigenvalue weighted by atomic mass is 9.83. The van der Waals surface area contributed by atoms with E-state index in [2.05, 4.69) is 0 Å². The van der Waals surface area contributed by atoms with Crippen molar-refractivity contribution in [1.29, 1.82) is 0 Å². The Hall–Kier alpha value is -2.16. The van der Waals surface area contributed by atoms with Gasteiger partial charge in [0, 0.05) is 0 Å². The van der Waals surface area contributed by atoms with E-state index in [4.69, 9.17) is 4.74 Å². The van der Waals surface area contributed by atoms with E-state index >= 15 is 0 Å². The van der Waals surface area contributed by atoms with Gasteiger partial charge < -0.3 is 4.74 Å². The summed E-state index contributed by atoms with van der Waals surface area (Å²) in [7, 11) is 0. The summed E-state index contributed by atoms with van der Waals surface area (Å²) in [5.41, 5.74) is 3.95. The van der Waals surface area contributed by atoms with Gasteiger partial charge in [0.1, 0.15) is 11.9 Å². The Morgan fingerprint density at radius 2 is 1.54 bits per heavy atom. The molecule has 1 aliphatic rings. The quantitative estimate of drug-likeness (QED) is 0.713. The third kappa shape index (κ3) is 4.02. The molecule has 1 aliphatic carbocycles. The summed E-state index contributed by atoms with van der Waals surface area (Å²) >= 11 is 0.